The molecule has 2 heteroatoms. The summed E-state index contributed by atoms with van der Waals surface area (Å²) in [5.41, 5.74) is 2.88. The molecule has 1 saturated heterocycles. The zero-order chi connectivity index (χ0) is 12.5. The van der Waals surface area contributed by atoms with Gasteiger partial charge in [-0.25, -0.2) is 0 Å². The molecule has 1 heterocycles. The Morgan fingerprint density at radius 3 is 2.71 bits per heavy atom. The topological polar surface area (TPSA) is 23.5 Å². The van der Waals surface area contributed by atoms with Gasteiger partial charge in [0.2, 0.25) is 0 Å². The van der Waals surface area contributed by atoms with E-state index in [-0.39, 0.29) is 5.54 Å². The Labute approximate surface area is 104 Å². The fraction of sp³-hybridized carbons (Fsp3) is 0.600. The van der Waals surface area contributed by atoms with Crippen molar-refractivity contribution in [2.24, 2.45) is 5.92 Å². The first-order valence-electron chi connectivity index (χ1n) is 6.49. The van der Waals surface area contributed by atoms with E-state index in [1.165, 1.54) is 17.7 Å². The molecule has 1 N–H and O–H groups in total. The second-order valence-electron chi connectivity index (χ2n) is 5.79. The molecule has 17 heavy (non-hydrogen) atoms. The van der Waals surface area contributed by atoms with Crippen LogP contribution in [-0.2, 0) is 0 Å². The monoisotopic (exact) mass is 233 g/mol. The van der Waals surface area contributed by atoms with Crippen molar-refractivity contribution in [2.75, 3.05) is 18.1 Å². The molecule has 1 aromatic rings. The first-order chi connectivity index (χ1) is 8.04. The summed E-state index contributed by atoms with van der Waals surface area (Å²) in [4.78, 5) is 2.50. The van der Waals surface area contributed by atoms with E-state index in [9.17, 15) is 0 Å². The summed E-state index contributed by atoms with van der Waals surface area (Å²) in [5, 5.41) is 9.09. The van der Waals surface area contributed by atoms with Gasteiger partial charge in [0.1, 0.15) is 0 Å². The van der Waals surface area contributed by atoms with E-state index < -0.39 is 0 Å². The van der Waals surface area contributed by atoms with Crippen LogP contribution in [-0.4, -0.2) is 23.8 Å². The van der Waals surface area contributed by atoms with Crippen LogP contribution in [0.4, 0.5) is 5.69 Å². The molecule has 0 spiro atoms. The summed E-state index contributed by atoms with van der Waals surface area (Å²) in [6, 6.07) is 8.58. The highest BCUT2D eigenvalue weighted by atomic mass is 16.3. The molecule has 2 rings (SSSR count). The van der Waals surface area contributed by atoms with Crippen molar-refractivity contribution >= 4 is 5.69 Å². The number of aliphatic hydroxyl groups excluding tert-OH is 1. The first kappa shape index (κ1) is 12.4. The van der Waals surface area contributed by atoms with Gasteiger partial charge in [-0.2, -0.15) is 0 Å². The van der Waals surface area contributed by atoms with Crippen LogP contribution >= 0.6 is 0 Å². The van der Waals surface area contributed by atoms with E-state index in [1.807, 2.05) is 0 Å². The third-order valence-corrected chi connectivity index (χ3v) is 3.90. The average molecular weight is 233 g/mol. The van der Waals surface area contributed by atoms with Gasteiger partial charge in [0.05, 0.1) is 0 Å². The highest BCUT2D eigenvalue weighted by Gasteiger charge is 2.38. The van der Waals surface area contributed by atoms with Crippen molar-refractivity contribution in [2.45, 2.75) is 39.2 Å². The first-order valence-corrected chi connectivity index (χ1v) is 6.49. The number of anilines is 1. The number of aliphatic hydroxyl groups is 1. The van der Waals surface area contributed by atoms with Crippen molar-refractivity contribution in [3.05, 3.63) is 29.8 Å². The van der Waals surface area contributed by atoms with Crippen molar-refractivity contribution in [1.29, 1.82) is 0 Å². The van der Waals surface area contributed by atoms with Crippen LogP contribution in [0.2, 0.25) is 0 Å². The minimum atomic E-state index is 0.200. The fourth-order valence-electron chi connectivity index (χ4n) is 3.05. The molecule has 0 aliphatic carbocycles. The van der Waals surface area contributed by atoms with E-state index in [0.717, 1.165) is 13.0 Å². The Bertz CT molecular complexity index is 386. The standard InChI is InChI=1S/C15H23NO/c1-12-6-4-5-7-14(12)16-11-13(8-9-17)10-15(16,2)3/h4-7,13,17H,8-11H2,1-3H3. The molecule has 2 nitrogen and oxygen atoms in total. The van der Waals surface area contributed by atoms with Gasteiger partial charge in [0.25, 0.3) is 0 Å². The minimum Gasteiger partial charge on any atom is -0.396 e. The average Bonchev–Trinajstić information content (AvgIpc) is 2.55. The van der Waals surface area contributed by atoms with E-state index in [4.69, 9.17) is 5.11 Å². The number of rotatable bonds is 3. The van der Waals surface area contributed by atoms with Crippen LogP contribution in [0.5, 0.6) is 0 Å². The number of hydrogen-bond donors (Lipinski definition) is 1. The summed E-state index contributed by atoms with van der Waals surface area (Å²) in [7, 11) is 0. The predicted molar refractivity (Wildman–Crippen MR) is 72.4 cm³/mol. The maximum atomic E-state index is 9.09. The maximum Gasteiger partial charge on any atom is 0.0434 e. The van der Waals surface area contributed by atoms with Crippen molar-refractivity contribution in [3.8, 4) is 0 Å². The molecule has 0 saturated carbocycles. The summed E-state index contributed by atoms with van der Waals surface area (Å²) < 4.78 is 0. The Balaban J connectivity index is 2.24. The van der Waals surface area contributed by atoms with Crippen LogP contribution in [0.3, 0.4) is 0 Å². The van der Waals surface area contributed by atoms with Crippen molar-refractivity contribution in [1.82, 2.24) is 0 Å². The summed E-state index contributed by atoms with van der Waals surface area (Å²) in [6.45, 7) is 8.15. The normalized spacial score (nSPS) is 23.1. The molecule has 1 aliphatic heterocycles. The molecule has 94 valence electrons. The number of benzene rings is 1. The molecule has 1 unspecified atom stereocenters. The van der Waals surface area contributed by atoms with Crippen molar-refractivity contribution < 1.29 is 5.11 Å². The van der Waals surface area contributed by atoms with E-state index in [0.29, 0.717) is 12.5 Å². The highest BCUT2D eigenvalue weighted by molar-refractivity contribution is 5.56. The van der Waals surface area contributed by atoms with Crippen LogP contribution in [0.15, 0.2) is 24.3 Å². The maximum absolute atomic E-state index is 9.09. The van der Waals surface area contributed by atoms with Crippen LogP contribution in [0.25, 0.3) is 0 Å². The molecule has 1 fully saturated rings. The van der Waals surface area contributed by atoms with E-state index in [2.05, 4.69) is 49.9 Å². The van der Waals surface area contributed by atoms with Gasteiger partial charge >= 0.3 is 0 Å². The smallest absolute Gasteiger partial charge is 0.0434 e. The molecule has 0 radical (unpaired) electrons. The van der Waals surface area contributed by atoms with Gasteiger partial charge in [-0.3, -0.25) is 0 Å². The molecule has 1 aliphatic rings. The lowest BCUT2D eigenvalue weighted by molar-refractivity contribution is 0.259. The van der Waals surface area contributed by atoms with Gasteiger partial charge in [0.15, 0.2) is 0 Å². The van der Waals surface area contributed by atoms with Crippen LogP contribution in [0, 0.1) is 12.8 Å². The van der Waals surface area contributed by atoms with E-state index in [1.54, 1.807) is 0 Å². The second kappa shape index (κ2) is 4.69. The van der Waals surface area contributed by atoms with Crippen LogP contribution in [0.1, 0.15) is 32.3 Å². The van der Waals surface area contributed by atoms with Crippen molar-refractivity contribution in [3.63, 3.8) is 0 Å². The summed E-state index contributed by atoms with van der Waals surface area (Å²) in [6.07, 6.45) is 2.09. The Morgan fingerprint density at radius 2 is 2.06 bits per heavy atom. The third kappa shape index (κ3) is 2.47. The molecular weight excluding hydrogens is 210 g/mol. The number of hydrogen-bond acceptors (Lipinski definition) is 2. The fourth-order valence-corrected chi connectivity index (χ4v) is 3.05. The lowest BCUT2D eigenvalue weighted by Gasteiger charge is -2.34. The molecule has 0 amide bonds. The largest absolute Gasteiger partial charge is 0.396 e. The molecule has 0 bridgehead atoms. The van der Waals surface area contributed by atoms with E-state index >= 15 is 0 Å². The zero-order valence-corrected chi connectivity index (χ0v) is 11.1. The second-order valence-corrected chi connectivity index (χ2v) is 5.79. The zero-order valence-electron chi connectivity index (χ0n) is 11.1. The Morgan fingerprint density at radius 1 is 1.35 bits per heavy atom. The third-order valence-electron chi connectivity index (χ3n) is 3.90. The van der Waals surface area contributed by atoms with Gasteiger partial charge in [-0.05, 0) is 51.2 Å². The molecule has 0 aromatic heterocycles. The Kier molecular flexibility index (Phi) is 3.43. The SMILES string of the molecule is Cc1ccccc1N1CC(CCO)CC1(C)C. The quantitative estimate of drug-likeness (QED) is 0.867. The lowest BCUT2D eigenvalue weighted by atomic mass is 9.94. The van der Waals surface area contributed by atoms with Gasteiger partial charge in [-0.1, -0.05) is 18.2 Å². The molecule has 1 aromatic carbocycles. The molecular formula is C15H23NO. The minimum absolute atomic E-state index is 0.200. The lowest BCUT2D eigenvalue weighted by Crippen LogP contribution is -2.38. The summed E-state index contributed by atoms with van der Waals surface area (Å²) >= 11 is 0. The predicted octanol–water partition coefficient (Wildman–Crippen LogP) is 2.98. The van der Waals surface area contributed by atoms with Gasteiger partial charge in [0, 0.05) is 24.4 Å². The summed E-state index contributed by atoms with van der Waals surface area (Å²) in [5.74, 6) is 0.620. The number of nitrogens with zero attached hydrogens (tertiary/aromatic N) is 1. The number of aryl methyl sites for hydroxylation is 1. The van der Waals surface area contributed by atoms with Crippen LogP contribution < -0.4 is 4.90 Å². The Hall–Kier alpha value is -1.02. The van der Waals surface area contributed by atoms with Gasteiger partial charge in [-0.15, -0.1) is 0 Å². The highest BCUT2D eigenvalue weighted by Crippen LogP contribution is 2.39. The van der Waals surface area contributed by atoms with Gasteiger partial charge < -0.3 is 10.0 Å². The molecule has 1 atom stereocenters. The number of para-hydroxylation sites is 1.